The lowest BCUT2D eigenvalue weighted by molar-refractivity contribution is 0.458. The Hall–Kier alpha value is -1.28. The summed E-state index contributed by atoms with van der Waals surface area (Å²) in [6.45, 7) is 4.62. The molecule has 0 radical (unpaired) electrons. The van der Waals surface area contributed by atoms with Crippen molar-refractivity contribution in [3.8, 4) is 0 Å². The molecule has 0 saturated carbocycles. The van der Waals surface area contributed by atoms with Gasteiger partial charge in [-0.25, -0.2) is 0 Å². The Morgan fingerprint density at radius 1 is 1.20 bits per heavy atom. The van der Waals surface area contributed by atoms with Crippen LogP contribution in [0.1, 0.15) is 49.8 Å². The third-order valence-corrected chi connectivity index (χ3v) is 4.79. The molecule has 1 aliphatic rings. The molecule has 108 valence electrons. The van der Waals surface area contributed by atoms with E-state index in [0.717, 1.165) is 5.92 Å². The quantitative estimate of drug-likeness (QED) is 0.889. The molecule has 0 atom stereocenters. The predicted molar refractivity (Wildman–Crippen MR) is 86.4 cm³/mol. The summed E-state index contributed by atoms with van der Waals surface area (Å²) in [5.41, 5.74) is 4.64. The van der Waals surface area contributed by atoms with Gasteiger partial charge in [0.25, 0.3) is 0 Å². The van der Waals surface area contributed by atoms with Gasteiger partial charge in [-0.2, -0.15) is 0 Å². The zero-order chi connectivity index (χ0) is 13.9. The van der Waals surface area contributed by atoms with Crippen molar-refractivity contribution < 1.29 is 0 Å². The summed E-state index contributed by atoms with van der Waals surface area (Å²) in [5.74, 6) is 0.745. The maximum Gasteiger partial charge on any atom is 0.0482 e. The first-order valence-corrected chi connectivity index (χ1v) is 8.09. The molecule has 20 heavy (non-hydrogen) atoms. The van der Waals surface area contributed by atoms with Crippen LogP contribution in [0.5, 0.6) is 0 Å². The van der Waals surface area contributed by atoms with Crippen LogP contribution in [0.4, 0.5) is 0 Å². The first-order valence-electron chi connectivity index (χ1n) is 8.09. The van der Waals surface area contributed by atoms with Crippen LogP contribution in [-0.4, -0.2) is 17.7 Å². The number of hydrogen-bond acceptors (Lipinski definition) is 1. The van der Waals surface area contributed by atoms with Crippen LogP contribution < -0.4 is 5.32 Å². The minimum Gasteiger partial charge on any atom is -0.347 e. The summed E-state index contributed by atoms with van der Waals surface area (Å²) in [6, 6.07) is 8.95. The molecule has 1 aromatic carbocycles. The Kier molecular flexibility index (Phi) is 4.11. The number of piperidine rings is 1. The summed E-state index contributed by atoms with van der Waals surface area (Å²) >= 11 is 0. The van der Waals surface area contributed by atoms with E-state index in [9.17, 15) is 0 Å². The largest absolute Gasteiger partial charge is 0.347 e. The van der Waals surface area contributed by atoms with Crippen LogP contribution in [-0.2, 0) is 13.5 Å². The summed E-state index contributed by atoms with van der Waals surface area (Å²) < 4.78 is 2.45. The summed E-state index contributed by atoms with van der Waals surface area (Å²) in [5, 5.41) is 4.99. The smallest absolute Gasteiger partial charge is 0.0482 e. The Labute approximate surface area is 122 Å². The van der Waals surface area contributed by atoms with Crippen molar-refractivity contribution in [1.82, 2.24) is 9.88 Å². The fourth-order valence-electron chi connectivity index (χ4n) is 3.69. The molecule has 1 aliphatic heterocycles. The maximum absolute atomic E-state index is 3.50. The average Bonchev–Trinajstić information content (AvgIpc) is 2.79. The van der Waals surface area contributed by atoms with Gasteiger partial charge in [0.2, 0.25) is 0 Å². The van der Waals surface area contributed by atoms with Gasteiger partial charge < -0.3 is 9.88 Å². The van der Waals surface area contributed by atoms with E-state index in [1.807, 2.05) is 0 Å². The molecule has 2 aromatic rings. The second kappa shape index (κ2) is 6.01. The van der Waals surface area contributed by atoms with E-state index in [0.29, 0.717) is 0 Å². The molecule has 0 bridgehead atoms. The highest BCUT2D eigenvalue weighted by Gasteiger charge is 2.23. The number of fused-ring (bicyclic) bond motifs is 1. The summed E-state index contributed by atoms with van der Waals surface area (Å²) in [7, 11) is 2.25. The van der Waals surface area contributed by atoms with Gasteiger partial charge in [0.05, 0.1) is 0 Å². The van der Waals surface area contributed by atoms with E-state index in [4.69, 9.17) is 0 Å². The van der Waals surface area contributed by atoms with Crippen molar-refractivity contribution in [2.24, 2.45) is 7.05 Å². The molecule has 1 N–H and O–H groups in total. The average molecular weight is 270 g/mol. The molecule has 1 aromatic heterocycles. The SMILES string of the molecule is CCCCc1c(C2CCNCC2)c2ccccc2n1C. The highest BCUT2D eigenvalue weighted by atomic mass is 15.0. The zero-order valence-electron chi connectivity index (χ0n) is 12.8. The van der Waals surface area contributed by atoms with E-state index in [2.05, 4.69) is 48.1 Å². The van der Waals surface area contributed by atoms with Gasteiger partial charge in [0, 0.05) is 23.6 Å². The third kappa shape index (κ3) is 2.37. The van der Waals surface area contributed by atoms with Crippen molar-refractivity contribution in [1.29, 1.82) is 0 Å². The van der Waals surface area contributed by atoms with Gasteiger partial charge >= 0.3 is 0 Å². The normalized spacial score (nSPS) is 16.9. The second-order valence-corrected chi connectivity index (χ2v) is 6.06. The van der Waals surface area contributed by atoms with Crippen molar-refractivity contribution in [2.45, 2.75) is 44.9 Å². The number of para-hydroxylation sites is 1. The van der Waals surface area contributed by atoms with Gasteiger partial charge in [-0.1, -0.05) is 31.5 Å². The number of aromatic nitrogens is 1. The molecule has 0 amide bonds. The minimum atomic E-state index is 0.745. The Morgan fingerprint density at radius 3 is 2.70 bits per heavy atom. The lowest BCUT2D eigenvalue weighted by atomic mass is 9.87. The van der Waals surface area contributed by atoms with Crippen molar-refractivity contribution in [3.63, 3.8) is 0 Å². The molecule has 2 nitrogen and oxygen atoms in total. The number of hydrogen-bond donors (Lipinski definition) is 1. The molecule has 2 heteroatoms. The molecule has 0 aliphatic carbocycles. The first kappa shape index (κ1) is 13.7. The van der Waals surface area contributed by atoms with Crippen LogP contribution >= 0.6 is 0 Å². The van der Waals surface area contributed by atoms with E-state index in [1.54, 1.807) is 11.3 Å². The number of unbranched alkanes of at least 4 members (excludes halogenated alkanes) is 1. The van der Waals surface area contributed by atoms with Gasteiger partial charge in [-0.05, 0) is 56.3 Å². The predicted octanol–water partition coefficient (Wildman–Crippen LogP) is 3.99. The van der Waals surface area contributed by atoms with E-state index in [1.165, 1.54) is 56.1 Å². The van der Waals surface area contributed by atoms with Gasteiger partial charge in [-0.3, -0.25) is 0 Å². The topological polar surface area (TPSA) is 17.0 Å². The Morgan fingerprint density at radius 2 is 1.95 bits per heavy atom. The standard InChI is InChI=1S/C18H26N2/c1-3-4-8-17-18(14-10-12-19-13-11-14)15-7-5-6-9-16(15)20(17)2/h5-7,9,14,19H,3-4,8,10-13H2,1-2H3. The van der Waals surface area contributed by atoms with Gasteiger partial charge in [0.15, 0.2) is 0 Å². The molecular weight excluding hydrogens is 244 g/mol. The molecule has 1 saturated heterocycles. The van der Waals surface area contributed by atoms with E-state index >= 15 is 0 Å². The summed E-state index contributed by atoms with van der Waals surface area (Å²) in [6.07, 6.45) is 6.36. The number of nitrogens with one attached hydrogen (secondary N) is 1. The van der Waals surface area contributed by atoms with Crippen LogP contribution in [0.3, 0.4) is 0 Å². The number of rotatable bonds is 4. The lowest BCUT2D eigenvalue weighted by Crippen LogP contribution is -2.27. The zero-order valence-corrected chi connectivity index (χ0v) is 12.8. The lowest BCUT2D eigenvalue weighted by Gasteiger charge is -2.24. The van der Waals surface area contributed by atoms with Crippen LogP contribution in [0.15, 0.2) is 24.3 Å². The van der Waals surface area contributed by atoms with Gasteiger partial charge in [-0.15, -0.1) is 0 Å². The molecule has 0 spiro atoms. The number of benzene rings is 1. The van der Waals surface area contributed by atoms with Crippen LogP contribution in [0, 0.1) is 0 Å². The fourth-order valence-corrected chi connectivity index (χ4v) is 3.69. The minimum absolute atomic E-state index is 0.745. The molecule has 2 heterocycles. The van der Waals surface area contributed by atoms with Gasteiger partial charge in [0.1, 0.15) is 0 Å². The fraction of sp³-hybridized carbons (Fsp3) is 0.556. The van der Waals surface area contributed by atoms with Crippen LogP contribution in [0.25, 0.3) is 10.9 Å². The third-order valence-electron chi connectivity index (χ3n) is 4.79. The molecule has 3 rings (SSSR count). The molecular formula is C18H26N2. The molecule has 0 unspecified atom stereocenters. The highest BCUT2D eigenvalue weighted by molar-refractivity contribution is 5.86. The van der Waals surface area contributed by atoms with Crippen molar-refractivity contribution in [2.75, 3.05) is 13.1 Å². The first-order chi connectivity index (χ1) is 9.83. The second-order valence-electron chi connectivity index (χ2n) is 6.06. The Balaban J connectivity index is 2.10. The van der Waals surface area contributed by atoms with Crippen LogP contribution in [0.2, 0.25) is 0 Å². The Bertz CT molecular complexity index is 576. The number of aryl methyl sites for hydroxylation is 1. The van der Waals surface area contributed by atoms with E-state index < -0.39 is 0 Å². The highest BCUT2D eigenvalue weighted by Crippen LogP contribution is 2.36. The monoisotopic (exact) mass is 270 g/mol. The number of nitrogens with zero attached hydrogens (tertiary/aromatic N) is 1. The van der Waals surface area contributed by atoms with Crippen molar-refractivity contribution in [3.05, 3.63) is 35.5 Å². The maximum atomic E-state index is 3.50. The van der Waals surface area contributed by atoms with Crippen molar-refractivity contribution >= 4 is 10.9 Å². The summed E-state index contributed by atoms with van der Waals surface area (Å²) in [4.78, 5) is 0. The van der Waals surface area contributed by atoms with E-state index in [-0.39, 0.29) is 0 Å². The molecule has 1 fully saturated rings.